The predicted octanol–water partition coefficient (Wildman–Crippen LogP) is 0.748. The van der Waals surface area contributed by atoms with E-state index in [0.717, 1.165) is 0 Å². The zero-order valence-electron chi connectivity index (χ0n) is 12.3. The average molecular weight is 293 g/mol. The maximum Gasteiger partial charge on any atom is 0.308 e. The Hall–Kier alpha value is -2.18. The molecule has 0 saturated carbocycles. The number of nitrogens with zero attached hydrogens (tertiary/aromatic N) is 2. The van der Waals surface area contributed by atoms with Gasteiger partial charge in [0.05, 0.1) is 11.6 Å². The van der Waals surface area contributed by atoms with Gasteiger partial charge in [0.1, 0.15) is 11.4 Å². The summed E-state index contributed by atoms with van der Waals surface area (Å²) in [7, 11) is 0. The van der Waals surface area contributed by atoms with Gasteiger partial charge in [-0.1, -0.05) is 13.8 Å². The molecule has 1 aliphatic rings. The number of nitrogens with one attached hydrogen (secondary N) is 1. The molecule has 1 unspecified atom stereocenters. The maximum absolute atomic E-state index is 12.4. The van der Waals surface area contributed by atoms with Gasteiger partial charge in [-0.05, 0) is 13.3 Å². The molecule has 2 rings (SSSR count). The Kier molecular flexibility index (Phi) is 4.11. The first kappa shape index (κ1) is 15.2. The Balaban J connectivity index is 2.29. The van der Waals surface area contributed by atoms with Crippen LogP contribution in [0.25, 0.3) is 0 Å². The molecular weight excluding hydrogens is 274 g/mol. The molecule has 0 bridgehead atoms. The molecule has 2 N–H and O–H groups in total. The van der Waals surface area contributed by atoms with E-state index >= 15 is 0 Å². The molecule has 21 heavy (non-hydrogen) atoms. The van der Waals surface area contributed by atoms with Gasteiger partial charge in [0.15, 0.2) is 0 Å². The number of carboxylic acids is 1. The van der Waals surface area contributed by atoms with Gasteiger partial charge in [0.25, 0.3) is 11.5 Å². The summed E-state index contributed by atoms with van der Waals surface area (Å²) in [6, 6.07) is 0. The highest BCUT2D eigenvalue weighted by Crippen LogP contribution is 2.19. The molecule has 1 fully saturated rings. The normalized spacial score (nSPS) is 18.3. The van der Waals surface area contributed by atoms with Crippen molar-refractivity contribution in [3.05, 3.63) is 27.4 Å². The van der Waals surface area contributed by atoms with Crippen molar-refractivity contribution in [3.8, 4) is 0 Å². The number of carboxylic acid groups (broad SMARTS) is 1. The molecule has 1 aromatic heterocycles. The number of carbonyl (C=O) groups is 2. The Morgan fingerprint density at radius 2 is 2.10 bits per heavy atom. The molecule has 114 valence electrons. The monoisotopic (exact) mass is 293 g/mol. The minimum absolute atomic E-state index is 0.00504. The van der Waals surface area contributed by atoms with E-state index in [1.54, 1.807) is 6.92 Å². The van der Waals surface area contributed by atoms with E-state index in [1.807, 2.05) is 13.8 Å². The van der Waals surface area contributed by atoms with Gasteiger partial charge in [-0.15, -0.1) is 0 Å². The molecule has 0 aromatic carbocycles. The molecule has 0 aliphatic carbocycles. The van der Waals surface area contributed by atoms with Crippen molar-refractivity contribution in [2.45, 2.75) is 33.1 Å². The second kappa shape index (κ2) is 5.67. The molecule has 7 heteroatoms. The number of hydrogen-bond acceptors (Lipinski definition) is 4. The van der Waals surface area contributed by atoms with Crippen LogP contribution in [0, 0.1) is 12.8 Å². The Morgan fingerprint density at radius 1 is 1.43 bits per heavy atom. The quantitative estimate of drug-likeness (QED) is 0.856. The van der Waals surface area contributed by atoms with Gasteiger partial charge in [-0.2, -0.15) is 0 Å². The molecular formula is C14H19N3O4. The largest absolute Gasteiger partial charge is 0.481 e. The standard InChI is InChI=1S/C14H19N3O4/c1-7(2)11-15-8(3)10(12(18)16-11)13(19)17-5-4-9(6-17)14(20)21/h7,9H,4-6H2,1-3H3,(H,20,21)(H,15,16,18). The highest BCUT2D eigenvalue weighted by Gasteiger charge is 2.33. The second-order valence-electron chi connectivity index (χ2n) is 5.64. The lowest BCUT2D eigenvalue weighted by Gasteiger charge is -2.17. The zero-order valence-corrected chi connectivity index (χ0v) is 12.3. The fourth-order valence-corrected chi connectivity index (χ4v) is 2.44. The van der Waals surface area contributed by atoms with Gasteiger partial charge < -0.3 is 15.0 Å². The fourth-order valence-electron chi connectivity index (χ4n) is 2.44. The minimum Gasteiger partial charge on any atom is -0.481 e. The number of rotatable bonds is 3. The molecule has 2 heterocycles. The summed E-state index contributed by atoms with van der Waals surface area (Å²) in [4.78, 5) is 43.8. The number of aryl methyl sites for hydroxylation is 1. The van der Waals surface area contributed by atoms with Gasteiger partial charge in [-0.25, -0.2) is 4.98 Å². The zero-order chi connectivity index (χ0) is 15.7. The summed E-state index contributed by atoms with van der Waals surface area (Å²) in [6.45, 7) is 5.91. The molecule has 1 amide bonds. The van der Waals surface area contributed by atoms with Crippen molar-refractivity contribution in [1.82, 2.24) is 14.9 Å². The van der Waals surface area contributed by atoms with E-state index in [1.165, 1.54) is 4.90 Å². The lowest BCUT2D eigenvalue weighted by molar-refractivity contribution is -0.141. The Bertz CT molecular complexity index is 636. The molecule has 1 aromatic rings. The van der Waals surface area contributed by atoms with Crippen molar-refractivity contribution in [2.75, 3.05) is 13.1 Å². The van der Waals surface area contributed by atoms with Gasteiger partial charge >= 0.3 is 5.97 Å². The third-order valence-electron chi connectivity index (χ3n) is 3.70. The number of aliphatic carboxylic acids is 1. The van der Waals surface area contributed by atoms with Crippen LogP contribution < -0.4 is 5.56 Å². The summed E-state index contributed by atoms with van der Waals surface area (Å²) in [5.41, 5.74) is -0.0772. The smallest absolute Gasteiger partial charge is 0.308 e. The summed E-state index contributed by atoms with van der Waals surface area (Å²) in [6.07, 6.45) is 0.412. The van der Waals surface area contributed by atoms with Gasteiger partial charge in [-0.3, -0.25) is 14.4 Å². The number of hydrogen-bond donors (Lipinski definition) is 2. The molecule has 1 aliphatic heterocycles. The summed E-state index contributed by atoms with van der Waals surface area (Å²) in [5, 5.41) is 8.97. The average Bonchev–Trinajstić information content (AvgIpc) is 2.87. The van der Waals surface area contributed by atoms with Crippen LogP contribution in [0.15, 0.2) is 4.79 Å². The molecule has 1 atom stereocenters. The van der Waals surface area contributed by atoms with Crippen LogP contribution in [0.1, 0.15) is 48.1 Å². The van der Waals surface area contributed by atoms with Crippen LogP contribution in [0.2, 0.25) is 0 Å². The van der Waals surface area contributed by atoms with Crippen molar-refractivity contribution in [3.63, 3.8) is 0 Å². The van der Waals surface area contributed by atoms with Crippen LogP contribution in [-0.2, 0) is 4.79 Å². The molecule has 0 spiro atoms. The SMILES string of the molecule is Cc1nc(C(C)C)[nH]c(=O)c1C(=O)N1CCC(C(=O)O)C1. The number of likely N-dealkylation sites (tertiary alicyclic amines) is 1. The summed E-state index contributed by atoms with van der Waals surface area (Å²) < 4.78 is 0. The van der Waals surface area contributed by atoms with E-state index in [4.69, 9.17) is 5.11 Å². The highest BCUT2D eigenvalue weighted by atomic mass is 16.4. The van der Waals surface area contributed by atoms with Gasteiger partial charge in [0, 0.05) is 19.0 Å². The van der Waals surface area contributed by atoms with Crippen LogP contribution in [0.3, 0.4) is 0 Å². The summed E-state index contributed by atoms with van der Waals surface area (Å²) >= 11 is 0. The van der Waals surface area contributed by atoms with Crippen molar-refractivity contribution >= 4 is 11.9 Å². The summed E-state index contributed by atoms with van der Waals surface area (Å²) in [5.74, 6) is -1.32. The van der Waals surface area contributed by atoms with E-state index in [0.29, 0.717) is 24.5 Å². The highest BCUT2D eigenvalue weighted by molar-refractivity contribution is 5.95. The van der Waals surface area contributed by atoms with E-state index in [2.05, 4.69) is 9.97 Å². The van der Waals surface area contributed by atoms with Crippen LogP contribution in [-0.4, -0.2) is 44.9 Å². The number of amides is 1. The van der Waals surface area contributed by atoms with Gasteiger partial charge in [0.2, 0.25) is 0 Å². The van der Waals surface area contributed by atoms with Crippen molar-refractivity contribution in [1.29, 1.82) is 0 Å². The maximum atomic E-state index is 12.4. The second-order valence-corrected chi connectivity index (χ2v) is 5.64. The lowest BCUT2D eigenvalue weighted by Crippen LogP contribution is -2.35. The Morgan fingerprint density at radius 3 is 2.57 bits per heavy atom. The number of H-pyrrole nitrogens is 1. The lowest BCUT2D eigenvalue weighted by atomic mass is 10.1. The molecule has 7 nitrogen and oxygen atoms in total. The number of aromatic amines is 1. The van der Waals surface area contributed by atoms with Crippen LogP contribution in [0.4, 0.5) is 0 Å². The van der Waals surface area contributed by atoms with E-state index in [-0.39, 0.29) is 18.0 Å². The van der Waals surface area contributed by atoms with E-state index in [9.17, 15) is 14.4 Å². The first-order valence-electron chi connectivity index (χ1n) is 6.94. The third kappa shape index (κ3) is 2.96. The van der Waals surface area contributed by atoms with Crippen LogP contribution >= 0.6 is 0 Å². The van der Waals surface area contributed by atoms with E-state index < -0.39 is 23.4 Å². The first-order valence-corrected chi connectivity index (χ1v) is 6.94. The molecule has 1 saturated heterocycles. The number of carbonyl (C=O) groups excluding carboxylic acids is 1. The Labute approximate surface area is 122 Å². The number of aromatic nitrogens is 2. The predicted molar refractivity (Wildman–Crippen MR) is 75.3 cm³/mol. The fraction of sp³-hybridized carbons (Fsp3) is 0.571. The topological polar surface area (TPSA) is 103 Å². The third-order valence-corrected chi connectivity index (χ3v) is 3.70. The molecule has 0 radical (unpaired) electrons. The minimum atomic E-state index is -0.913. The van der Waals surface area contributed by atoms with Crippen molar-refractivity contribution < 1.29 is 14.7 Å². The van der Waals surface area contributed by atoms with Crippen molar-refractivity contribution in [2.24, 2.45) is 5.92 Å². The first-order chi connectivity index (χ1) is 9.81. The van der Waals surface area contributed by atoms with Crippen LogP contribution in [0.5, 0.6) is 0 Å².